The highest BCUT2D eigenvalue weighted by molar-refractivity contribution is 5.76. The first kappa shape index (κ1) is 16.0. The molecule has 2 atom stereocenters. The first-order chi connectivity index (χ1) is 10.2. The van der Waals surface area contributed by atoms with Crippen molar-refractivity contribution in [2.75, 3.05) is 13.2 Å². The summed E-state index contributed by atoms with van der Waals surface area (Å²) in [6, 6.07) is 8.22. The molecule has 1 aromatic rings. The van der Waals surface area contributed by atoms with Gasteiger partial charge in [-0.05, 0) is 49.1 Å². The highest BCUT2D eigenvalue weighted by atomic mass is 16.3. The molecule has 0 aliphatic heterocycles. The lowest BCUT2D eigenvalue weighted by molar-refractivity contribution is -0.121. The number of aliphatic hydroxyl groups is 1. The van der Waals surface area contributed by atoms with Crippen LogP contribution in [0.25, 0.3) is 0 Å². The first-order valence-electron chi connectivity index (χ1n) is 8.12. The number of rotatable bonds is 6. The molecule has 116 valence electrons. The van der Waals surface area contributed by atoms with Gasteiger partial charge in [-0.3, -0.25) is 4.79 Å². The number of carbonyl (C=O) groups excluding carboxylic acids is 1. The molecule has 0 aromatic heterocycles. The summed E-state index contributed by atoms with van der Waals surface area (Å²) >= 11 is 0. The van der Waals surface area contributed by atoms with E-state index < -0.39 is 0 Å². The van der Waals surface area contributed by atoms with Crippen LogP contribution in [0.15, 0.2) is 24.3 Å². The molecule has 3 nitrogen and oxygen atoms in total. The average molecular weight is 289 g/mol. The molecule has 1 aliphatic rings. The van der Waals surface area contributed by atoms with Crippen LogP contribution in [-0.4, -0.2) is 24.2 Å². The van der Waals surface area contributed by atoms with Gasteiger partial charge in [-0.1, -0.05) is 37.1 Å². The molecular weight excluding hydrogens is 262 g/mol. The fourth-order valence-electron chi connectivity index (χ4n) is 3.27. The van der Waals surface area contributed by atoms with E-state index in [1.54, 1.807) is 0 Å². The summed E-state index contributed by atoms with van der Waals surface area (Å²) in [6.45, 7) is 3.06. The van der Waals surface area contributed by atoms with E-state index in [9.17, 15) is 9.90 Å². The third-order valence-electron chi connectivity index (χ3n) is 4.75. The zero-order valence-corrected chi connectivity index (χ0v) is 13.0. The predicted octanol–water partition coefficient (Wildman–Crippen LogP) is 2.84. The lowest BCUT2D eigenvalue weighted by Gasteiger charge is -2.30. The quantitative estimate of drug-likeness (QED) is 0.846. The average Bonchev–Trinajstić information content (AvgIpc) is 2.52. The van der Waals surface area contributed by atoms with E-state index in [4.69, 9.17) is 0 Å². The molecule has 2 rings (SSSR count). The molecule has 1 fully saturated rings. The van der Waals surface area contributed by atoms with E-state index in [1.165, 1.54) is 24.0 Å². The van der Waals surface area contributed by atoms with Crippen LogP contribution in [0.1, 0.15) is 43.2 Å². The molecule has 0 heterocycles. The zero-order chi connectivity index (χ0) is 15.1. The Morgan fingerprint density at radius 2 is 1.95 bits per heavy atom. The zero-order valence-electron chi connectivity index (χ0n) is 13.0. The Bertz CT molecular complexity index is 458. The third-order valence-corrected chi connectivity index (χ3v) is 4.75. The molecule has 0 spiro atoms. The normalized spacial score (nSPS) is 22.0. The van der Waals surface area contributed by atoms with Crippen LogP contribution in [0, 0.1) is 18.8 Å². The van der Waals surface area contributed by atoms with Crippen molar-refractivity contribution >= 4 is 5.91 Å². The molecule has 1 amide bonds. The van der Waals surface area contributed by atoms with E-state index >= 15 is 0 Å². The Balaban J connectivity index is 1.73. The maximum atomic E-state index is 12.0. The van der Waals surface area contributed by atoms with Gasteiger partial charge in [0.1, 0.15) is 0 Å². The Kier molecular flexibility index (Phi) is 6.24. The van der Waals surface area contributed by atoms with E-state index in [0.717, 1.165) is 25.8 Å². The van der Waals surface area contributed by atoms with Gasteiger partial charge in [0.25, 0.3) is 0 Å². The molecule has 2 unspecified atom stereocenters. The molecular formula is C18H27NO2. The summed E-state index contributed by atoms with van der Waals surface area (Å²) in [7, 11) is 0. The summed E-state index contributed by atoms with van der Waals surface area (Å²) in [6.07, 6.45) is 6.00. The fourth-order valence-corrected chi connectivity index (χ4v) is 3.27. The number of benzene rings is 1. The SMILES string of the molecule is Cc1ccccc1CCC(=O)NCC1CCCCC1CO. The maximum absolute atomic E-state index is 12.0. The molecule has 1 saturated carbocycles. The van der Waals surface area contributed by atoms with Gasteiger partial charge in [0.15, 0.2) is 0 Å². The van der Waals surface area contributed by atoms with Crippen LogP contribution >= 0.6 is 0 Å². The summed E-state index contributed by atoms with van der Waals surface area (Å²) < 4.78 is 0. The van der Waals surface area contributed by atoms with Gasteiger partial charge in [-0.15, -0.1) is 0 Å². The van der Waals surface area contributed by atoms with Crippen LogP contribution < -0.4 is 5.32 Å². The van der Waals surface area contributed by atoms with E-state index in [2.05, 4.69) is 24.4 Å². The van der Waals surface area contributed by atoms with E-state index in [1.807, 2.05) is 12.1 Å². The molecule has 3 heteroatoms. The number of carbonyl (C=O) groups is 1. The molecule has 0 bridgehead atoms. The Morgan fingerprint density at radius 3 is 2.67 bits per heavy atom. The van der Waals surface area contributed by atoms with Crippen molar-refractivity contribution in [3.63, 3.8) is 0 Å². The minimum atomic E-state index is 0.125. The lowest BCUT2D eigenvalue weighted by Crippen LogP contribution is -2.35. The van der Waals surface area contributed by atoms with Crippen LogP contribution in [0.4, 0.5) is 0 Å². The highest BCUT2D eigenvalue weighted by Gasteiger charge is 2.24. The number of aliphatic hydroxyl groups excluding tert-OH is 1. The van der Waals surface area contributed by atoms with Crippen LogP contribution in [0.5, 0.6) is 0 Å². The van der Waals surface area contributed by atoms with Gasteiger partial charge in [-0.2, -0.15) is 0 Å². The maximum Gasteiger partial charge on any atom is 0.220 e. The minimum absolute atomic E-state index is 0.125. The van der Waals surface area contributed by atoms with E-state index in [0.29, 0.717) is 18.3 Å². The van der Waals surface area contributed by atoms with Crippen molar-refractivity contribution in [2.45, 2.75) is 45.4 Å². The Hall–Kier alpha value is -1.35. The molecule has 21 heavy (non-hydrogen) atoms. The van der Waals surface area contributed by atoms with Crippen LogP contribution in [0.3, 0.4) is 0 Å². The highest BCUT2D eigenvalue weighted by Crippen LogP contribution is 2.29. The first-order valence-corrected chi connectivity index (χ1v) is 8.12. The predicted molar refractivity (Wildman–Crippen MR) is 85.0 cm³/mol. The standard InChI is InChI=1S/C18H27NO2/c1-14-6-2-3-7-15(14)10-11-18(21)19-12-16-8-4-5-9-17(16)13-20/h2-3,6-7,16-17,20H,4-5,8-13H2,1H3,(H,19,21). The van der Waals surface area contributed by atoms with Crippen molar-refractivity contribution in [1.29, 1.82) is 0 Å². The van der Waals surface area contributed by atoms with Crippen molar-refractivity contribution in [3.8, 4) is 0 Å². The summed E-state index contributed by atoms with van der Waals surface area (Å²) in [4.78, 5) is 12.0. The topological polar surface area (TPSA) is 49.3 Å². The molecule has 0 radical (unpaired) electrons. The molecule has 1 aliphatic carbocycles. The lowest BCUT2D eigenvalue weighted by atomic mass is 9.79. The van der Waals surface area contributed by atoms with Crippen LogP contribution in [0.2, 0.25) is 0 Å². The summed E-state index contributed by atoms with van der Waals surface area (Å²) in [5.74, 6) is 0.946. The largest absolute Gasteiger partial charge is 0.396 e. The second kappa shape index (κ2) is 8.18. The van der Waals surface area contributed by atoms with Gasteiger partial charge in [-0.25, -0.2) is 0 Å². The van der Waals surface area contributed by atoms with Gasteiger partial charge in [0.05, 0.1) is 0 Å². The molecule has 0 saturated heterocycles. The van der Waals surface area contributed by atoms with Gasteiger partial charge < -0.3 is 10.4 Å². The number of aryl methyl sites for hydroxylation is 2. The summed E-state index contributed by atoms with van der Waals surface area (Å²) in [5.41, 5.74) is 2.50. The minimum Gasteiger partial charge on any atom is -0.396 e. The van der Waals surface area contributed by atoms with Crippen LogP contribution in [-0.2, 0) is 11.2 Å². The van der Waals surface area contributed by atoms with Crippen molar-refractivity contribution < 1.29 is 9.90 Å². The number of nitrogens with one attached hydrogen (secondary N) is 1. The van der Waals surface area contributed by atoms with Crippen molar-refractivity contribution in [3.05, 3.63) is 35.4 Å². The van der Waals surface area contributed by atoms with Gasteiger partial charge >= 0.3 is 0 Å². The Labute approximate surface area is 127 Å². The molecule has 2 N–H and O–H groups in total. The van der Waals surface area contributed by atoms with Gasteiger partial charge in [0.2, 0.25) is 5.91 Å². The van der Waals surface area contributed by atoms with Gasteiger partial charge in [0, 0.05) is 19.6 Å². The number of amides is 1. The van der Waals surface area contributed by atoms with Crippen molar-refractivity contribution in [1.82, 2.24) is 5.32 Å². The van der Waals surface area contributed by atoms with E-state index in [-0.39, 0.29) is 12.5 Å². The van der Waals surface area contributed by atoms with Crippen molar-refractivity contribution in [2.24, 2.45) is 11.8 Å². The summed E-state index contributed by atoms with van der Waals surface area (Å²) in [5, 5.41) is 12.5. The second-order valence-corrected chi connectivity index (χ2v) is 6.22. The fraction of sp³-hybridized carbons (Fsp3) is 0.611. The second-order valence-electron chi connectivity index (χ2n) is 6.22. The monoisotopic (exact) mass is 289 g/mol. The Morgan fingerprint density at radius 1 is 1.24 bits per heavy atom. The smallest absolute Gasteiger partial charge is 0.220 e. The molecule has 1 aromatic carbocycles. The third kappa shape index (κ3) is 4.85. The number of hydrogen-bond donors (Lipinski definition) is 2. The number of hydrogen-bond acceptors (Lipinski definition) is 2.